The Labute approximate surface area is 312 Å². The molecule has 25 heteroatoms. The molecule has 0 aliphatic carbocycles. The van der Waals surface area contributed by atoms with Gasteiger partial charge in [-0.25, -0.2) is 10.9 Å². The van der Waals surface area contributed by atoms with Crippen molar-refractivity contribution in [3.8, 4) is 0 Å². The van der Waals surface area contributed by atoms with Gasteiger partial charge in [0.15, 0.2) is 0 Å². The SMILES string of the molecule is FC(F)(F)c1cc(C2C(c3cc(C(F)(F)F)cc(C(F)(F)F)c3)[B-]2(c2cc(C(F)(F)F)cc(C(F)(F)F)c2)c2cc(C(F)(F)F)cc(C(F)(F)F)c2)cc(C(F)(F)F)c1. The third kappa shape index (κ3) is 8.92. The molecule has 5 rings (SSSR count). The summed E-state index contributed by atoms with van der Waals surface area (Å²) in [6.45, 7) is 0. The van der Waals surface area contributed by atoms with Crippen LogP contribution < -0.4 is 10.9 Å². The number of halogens is 24. The lowest BCUT2D eigenvalue weighted by Gasteiger charge is -2.32. The lowest BCUT2D eigenvalue weighted by molar-refractivity contribution is -0.144. The molecule has 1 heterocycles. The molecule has 59 heavy (non-hydrogen) atoms. The van der Waals surface area contributed by atoms with Gasteiger partial charge in [-0.05, 0) is 48.5 Å². The molecule has 0 spiro atoms. The quantitative estimate of drug-likeness (QED) is 0.141. The predicted molar refractivity (Wildman–Crippen MR) is 156 cm³/mol. The molecule has 322 valence electrons. The summed E-state index contributed by atoms with van der Waals surface area (Å²) in [6, 6.07) is -5.56. The molecule has 1 aliphatic heterocycles. The minimum absolute atomic E-state index is 0.328. The summed E-state index contributed by atoms with van der Waals surface area (Å²) in [6.07, 6.45) is -52.2. The summed E-state index contributed by atoms with van der Waals surface area (Å²) >= 11 is 0. The fourth-order valence-electron chi connectivity index (χ4n) is 7.36. The molecule has 0 aromatic heterocycles. The van der Waals surface area contributed by atoms with Crippen LogP contribution in [0.4, 0.5) is 105 Å². The van der Waals surface area contributed by atoms with Gasteiger partial charge >= 0.3 is 49.4 Å². The second-order valence-corrected chi connectivity index (χ2v) is 13.4. The molecule has 0 amide bonds. The number of alkyl halides is 24. The monoisotopic (exact) mass is 889 g/mol. The van der Waals surface area contributed by atoms with E-state index in [1.165, 1.54) is 0 Å². The number of rotatable bonds is 4. The van der Waals surface area contributed by atoms with E-state index in [2.05, 4.69) is 0 Å². The van der Waals surface area contributed by atoms with Gasteiger partial charge in [0.1, 0.15) is 0 Å². The van der Waals surface area contributed by atoms with Gasteiger partial charge in [0.05, 0.1) is 50.7 Å². The largest absolute Gasteiger partial charge is 0.416 e. The Balaban J connectivity index is 2.13. The summed E-state index contributed by atoms with van der Waals surface area (Å²) in [4.78, 5) is 0. The molecule has 0 radical (unpaired) electrons. The van der Waals surface area contributed by atoms with E-state index in [1.54, 1.807) is 0 Å². The Morgan fingerprint density at radius 1 is 0.237 bits per heavy atom. The molecule has 4 aromatic carbocycles. The first-order chi connectivity index (χ1) is 26.3. The van der Waals surface area contributed by atoms with Crippen molar-refractivity contribution in [2.45, 2.75) is 61.0 Å². The van der Waals surface area contributed by atoms with Crippen molar-refractivity contribution >= 4 is 17.1 Å². The van der Waals surface area contributed by atoms with Gasteiger partial charge in [-0.1, -0.05) is 35.4 Å². The second kappa shape index (κ2) is 13.6. The first kappa shape index (κ1) is 45.4. The van der Waals surface area contributed by atoms with Crippen molar-refractivity contribution in [3.05, 3.63) is 128 Å². The molecule has 4 aromatic rings. The van der Waals surface area contributed by atoms with Gasteiger partial charge in [0.25, 0.3) is 0 Å². The molecule has 1 fully saturated rings. The van der Waals surface area contributed by atoms with E-state index in [0.29, 0.717) is 0 Å². The average Bonchev–Trinajstić information content (AvgIpc) is 3.76. The maximum Gasteiger partial charge on any atom is 0.416 e. The molecule has 2 unspecified atom stereocenters. The molecule has 0 nitrogen and oxygen atoms in total. The zero-order valence-electron chi connectivity index (χ0n) is 27.7. The molecule has 1 aliphatic rings. The topological polar surface area (TPSA) is 0 Å². The van der Waals surface area contributed by atoms with Gasteiger partial charge in [-0.15, -0.1) is 0 Å². The van der Waals surface area contributed by atoms with Crippen molar-refractivity contribution in [3.63, 3.8) is 0 Å². The highest BCUT2D eigenvalue weighted by atomic mass is 19.4. The third-order valence-electron chi connectivity index (χ3n) is 9.69. The van der Waals surface area contributed by atoms with E-state index >= 15 is 0 Å². The standard InChI is InChI=1S/C34H14BF24/c36-27(37,38)15-1-13(2-16(5-15)28(39,40)41)25-26(14-3-17(29(42,43)44)6-18(4-14)30(45,46)47)35(25,23-9-19(31(48,49)50)7-20(10-23)32(51,52)53)24-11-21(33(54,55)56)8-22(12-24)34(57,58)59/h1-12,25-26H/q-1. The molecule has 0 saturated carbocycles. The summed E-state index contributed by atoms with van der Waals surface area (Å²) in [5.41, 5.74) is -26.0. The third-order valence-corrected chi connectivity index (χ3v) is 9.69. The predicted octanol–water partition coefficient (Wildman–Crippen LogP) is 13.1. The minimum atomic E-state index is -5.96. The maximum absolute atomic E-state index is 14.2. The fourth-order valence-corrected chi connectivity index (χ4v) is 7.36. The smallest absolute Gasteiger partial charge is 0.203 e. The average molecular weight is 889 g/mol. The molecule has 0 bridgehead atoms. The summed E-state index contributed by atoms with van der Waals surface area (Å²) < 4.78 is 339. The lowest BCUT2D eigenvalue weighted by atomic mass is 9.28. The number of hydrogen-bond donors (Lipinski definition) is 0. The van der Waals surface area contributed by atoms with Crippen LogP contribution in [0.5, 0.6) is 0 Å². The first-order valence-corrected chi connectivity index (χ1v) is 15.6. The number of benzene rings is 4. The van der Waals surface area contributed by atoms with Crippen molar-refractivity contribution in [1.82, 2.24) is 0 Å². The Kier molecular flexibility index (Phi) is 10.5. The van der Waals surface area contributed by atoms with Crippen LogP contribution in [0.3, 0.4) is 0 Å². The normalized spacial score (nSPS) is 18.3. The molecule has 1 saturated heterocycles. The van der Waals surface area contributed by atoms with Crippen LogP contribution in [-0.4, -0.2) is 6.15 Å². The Hall–Kier alpha value is -4.74. The molecular formula is C34H14BF24-. The van der Waals surface area contributed by atoms with Gasteiger partial charge in [0, 0.05) is 0 Å². The second-order valence-electron chi connectivity index (χ2n) is 13.4. The van der Waals surface area contributed by atoms with E-state index in [9.17, 15) is 105 Å². The van der Waals surface area contributed by atoms with Crippen molar-refractivity contribution < 1.29 is 105 Å². The van der Waals surface area contributed by atoms with Crippen LogP contribution in [0.15, 0.2) is 72.8 Å². The molecular weight excluding hydrogens is 875 g/mol. The Morgan fingerprint density at radius 2 is 0.390 bits per heavy atom. The Bertz CT molecular complexity index is 1950. The van der Waals surface area contributed by atoms with E-state index in [-0.39, 0.29) is 24.3 Å². The van der Waals surface area contributed by atoms with Crippen molar-refractivity contribution in [1.29, 1.82) is 0 Å². The van der Waals surface area contributed by atoms with E-state index in [4.69, 9.17) is 0 Å². The van der Waals surface area contributed by atoms with Crippen LogP contribution in [0.25, 0.3) is 0 Å². The minimum Gasteiger partial charge on any atom is -0.203 e. The van der Waals surface area contributed by atoms with Gasteiger partial charge < -0.3 is 0 Å². The lowest BCUT2D eigenvalue weighted by Crippen LogP contribution is -2.50. The van der Waals surface area contributed by atoms with E-state index < -0.39 is 182 Å². The van der Waals surface area contributed by atoms with Gasteiger partial charge in [-0.2, -0.15) is 117 Å². The van der Waals surface area contributed by atoms with Gasteiger partial charge in [-0.3, -0.25) is 0 Å². The molecule has 0 N–H and O–H groups in total. The summed E-state index contributed by atoms with van der Waals surface area (Å²) in [7, 11) is 0. The van der Waals surface area contributed by atoms with Crippen LogP contribution in [0.1, 0.15) is 67.3 Å². The van der Waals surface area contributed by atoms with Gasteiger partial charge in [0.2, 0.25) is 0 Å². The summed E-state index contributed by atoms with van der Waals surface area (Å²) in [5, 5.41) is 0. The van der Waals surface area contributed by atoms with Crippen molar-refractivity contribution in [2.75, 3.05) is 0 Å². The van der Waals surface area contributed by atoms with Crippen LogP contribution >= 0.6 is 0 Å². The Morgan fingerprint density at radius 3 is 0.542 bits per heavy atom. The van der Waals surface area contributed by atoms with Crippen LogP contribution in [-0.2, 0) is 49.4 Å². The molecule has 2 atom stereocenters. The fraction of sp³-hybridized carbons (Fsp3) is 0.294. The highest BCUT2D eigenvalue weighted by molar-refractivity contribution is 7.12. The van der Waals surface area contributed by atoms with E-state index in [0.717, 1.165) is 0 Å². The highest BCUT2D eigenvalue weighted by Gasteiger charge is 2.61. The van der Waals surface area contributed by atoms with Crippen molar-refractivity contribution in [2.24, 2.45) is 0 Å². The zero-order valence-corrected chi connectivity index (χ0v) is 27.7. The van der Waals surface area contributed by atoms with Crippen LogP contribution in [0.2, 0.25) is 0 Å². The zero-order chi connectivity index (χ0) is 45.1. The summed E-state index contributed by atoms with van der Waals surface area (Å²) in [5.74, 6) is -5.84. The first-order valence-electron chi connectivity index (χ1n) is 15.6. The van der Waals surface area contributed by atoms with Crippen LogP contribution in [0, 0.1) is 0 Å². The highest BCUT2D eigenvalue weighted by Crippen LogP contribution is 2.63. The maximum atomic E-state index is 14.2. The van der Waals surface area contributed by atoms with E-state index in [1.807, 2.05) is 0 Å². The number of hydrogen-bond acceptors (Lipinski definition) is 0.